The summed E-state index contributed by atoms with van der Waals surface area (Å²) in [5.41, 5.74) is -0.461. The molecule has 0 aliphatic carbocycles. The minimum absolute atomic E-state index is 0.461. The van der Waals surface area contributed by atoms with Crippen LogP contribution < -0.4 is 0 Å². The molecule has 46 valence electrons. The van der Waals surface area contributed by atoms with E-state index in [1.54, 1.807) is 0 Å². The summed E-state index contributed by atoms with van der Waals surface area (Å²) in [6, 6.07) is 0. The summed E-state index contributed by atoms with van der Waals surface area (Å²) in [6.45, 7) is 15.3. The van der Waals surface area contributed by atoms with Crippen LogP contribution in [0.15, 0.2) is 0 Å². The summed E-state index contributed by atoms with van der Waals surface area (Å²) in [6.07, 6.45) is 0. The SMILES string of the molecule is [CH2+]C([CH2+])([CH2-])COC[CH2-]. The Kier molecular flexibility index (Phi) is 2.77. The highest BCUT2D eigenvalue weighted by molar-refractivity contribution is 4.86. The zero-order valence-electron chi connectivity index (χ0n) is 5.15. The molecule has 8 heavy (non-hydrogen) atoms. The van der Waals surface area contributed by atoms with Gasteiger partial charge in [-0.05, 0) is 0 Å². The maximum Gasteiger partial charge on any atom is 0.141 e. The topological polar surface area (TPSA) is 9.23 Å². The van der Waals surface area contributed by atoms with Gasteiger partial charge in [-0.3, -0.25) is 0 Å². The van der Waals surface area contributed by atoms with Crippen molar-refractivity contribution in [2.45, 2.75) is 0 Å². The van der Waals surface area contributed by atoms with Crippen LogP contribution in [0.25, 0.3) is 0 Å². The van der Waals surface area contributed by atoms with Gasteiger partial charge < -0.3 is 11.7 Å². The Hall–Kier alpha value is -0.300. The zero-order valence-corrected chi connectivity index (χ0v) is 5.15. The fourth-order valence-electron chi connectivity index (χ4n) is 0.289. The molecule has 0 aromatic carbocycles. The Labute approximate surface area is 52.0 Å². The molecule has 0 fully saturated rings. The minimum atomic E-state index is -0.461. The van der Waals surface area contributed by atoms with Crippen LogP contribution in [0.3, 0.4) is 0 Å². The molecular weight excluding hydrogens is 100 g/mol. The van der Waals surface area contributed by atoms with Crippen LogP contribution in [0.5, 0.6) is 0 Å². The van der Waals surface area contributed by atoms with E-state index in [1.165, 1.54) is 0 Å². The van der Waals surface area contributed by atoms with Gasteiger partial charge in [0.1, 0.15) is 12.0 Å². The van der Waals surface area contributed by atoms with Crippen molar-refractivity contribution in [2.24, 2.45) is 5.41 Å². The number of hydrogen-bond donors (Lipinski definition) is 0. The molecule has 0 bridgehead atoms. The van der Waals surface area contributed by atoms with Crippen LogP contribution in [0.4, 0.5) is 0 Å². The molecule has 0 aliphatic heterocycles. The van der Waals surface area contributed by atoms with E-state index in [-0.39, 0.29) is 0 Å². The quantitative estimate of drug-likeness (QED) is 0.500. The third kappa shape index (κ3) is 5.70. The normalized spacial score (nSPS) is 11.8. The molecule has 0 radical (unpaired) electrons. The average Bonchev–Trinajstić information content (AvgIpc) is 1.59. The first-order valence-corrected chi connectivity index (χ1v) is 2.49. The van der Waals surface area contributed by atoms with E-state index in [0.717, 1.165) is 0 Å². The highest BCUT2D eigenvalue weighted by Gasteiger charge is 2.16. The molecule has 0 aromatic rings. The second-order valence-corrected chi connectivity index (χ2v) is 2.05. The van der Waals surface area contributed by atoms with E-state index in [0.29, 0.717) is 13.2 Å². The number of hydrogen-bond acceptors (Lipinski definition) is 1. The standard InChI is InChI=1S/C7H12O/c1-5-8-6-7(2,3)4/h1-6H2. The molecule has 0 atom stereocenters. The van der Waals surface area contributed by atoms with Gasteiger partial charge in [0.2, 0.25) is 0 Å². The molecule has 0 aromatic heterocycles. The summed E-state index contributed by atoms with van der Waals surface area (Å²) in [5, 5.41) is 0. The van der Waals surface area contributed by atoms with Gasteiger partial charge >= 0.3 is 0 Å². The highest BCUT2D eigenvalue weighted by Crippen LogP contribution is 2.09. The van der Waals surface area contributed by atoms with Crippen molar-refractivity contribution in [3.63, 3.8) is 0 Å². The fraction of sp³-hybridized carbons (Fsp3) is 0.429. The molecule has 0 aliphatic rings. The molecule has 0 rings (SSSR count). The van der Waals surface area contributed by atoms with Gasteiger partial charge in [0.05, 0.1) is 13.8 Å². The zero-order chi connectivity index (χ0) is 6.62. The van der Waals surface area contributed by atoms with Crippen LogP contribution >= 0.6 is 0 Å². The Balaban J connectivity index is 3.11. The predicted molar refractivity (Wildman–Crippen MR) is 34.7 cm³/mol. The van der Waals surface area contributed by atoms with Gasteiger partial charge in [0, 0.05) is 0 Å². The van der Waals surface area contributed by atoms with Crippen LogP contribution in [0.2, 0.25) is 0 Å². The highest BCUT2D eigenvalue weighted by atomic mass is 16.5. The maximum atomic E-state index is 4.90. The molecule has 0 heterocycles. The first kappa shape index (κ1) is 7.70. The van der Waals surface area contributed by atoms with Crippen molar-refractivity contribution >= 4 is 0 Å². The van der Waals surface area contributed by atoms with Crippen molar-refractivity contribution in [2.75, 3.05) is 13.2 Å². The molecular formula is C7H12O. The van der Waals surface area contributed by atoms with Crippen molar-refractivity contribution in [3.05, 3.63) is 27.7 Å². The van der Waals surface area contributed by atoms with Crippen molar-refractivity contribution < 1.29 is 4.74 Å². The van der Waals surface area contributed by atoms with Gasteiger partial charge in [-0.2, -0.15) is 0 Å². The lowest BCUT2D eigenvalue weighted by Crippen LogP contribution is -2.15. The van der Waals surface area contributed by atoms with Gasteiger partial charge in [-0.1, -0.05) is 6.61 Å². The molecule has 0 unspecified atom stereocenters. The second kappa shape index (κ2) is 2.88. The summed E-state index contributed by atoms with van der Waals surface area (Å²) in [4.78, 5) is 0. The van der Waals surface area contributed by atoms with Crippen LogP contribution in [-0.2, 0) is 4.74 Å². The summed E-state index contributed by atoms with van der Waals surface area (Å²) in [7, 11) is 0. The lowest BCUT2D eigenvalue weighted by Gasteiger charge is -2.11. The molecule has 0 saturated carbocycles. The summed E-state index contributed by atoms with van der Waals surface area (Å²) < 4.78 is 4.90. The molecule has 1 heteroatoms. The van der Waals surface area contributed by atoms with Crippen molar-refractivity contribution in [3.8, 4) is 0 Å². The van der Waals surface area contributed by atoms with Gasteiger partial charge in [-0.15, -0.1) is 0 Å². The van der Waals surface area contributed by atoms with E-state index in [2.05, 4.69) is 27.7 Å². The summed E-state index contributed by atoms with van der Waals surface area (Å²) >= 11 is 0. The third-order valence-electron chi connectivity index (χ3n) is 0.553. The first-order chi connectivity index (χ1) is 3.56. The second-order valence-electron chi connectivity index (χ2n) is 2.05. The fourth-order valence-corrected chi connectivity index (χ4v) is 0.289. The van der Waals surface area contributed by atoms with Gasteiger partial charge in [0.25, 0.3) is 0 Å². The molecule has 1 nitrogen and oxygen atoms in total. The summed E-state index contributed by atoms with van der Waals surface area (Å²) in [5.74, 6) is 0. The van der Waals surface area contributed by atoms with Gasteiger partial charge in [-0.25, -0.2) is 6.92 Å². The minimum Gasteiger partial charge on any atom is -0.407 e. The van der Waals surface area contributed by atoms with Crippen LogP contribution in [0.1, 0.15) is 0 Å². The van der Waals surface area contributed by atoms with E-state index < -0.39 is 5.41 Å². The first-order valence-electron chi connectivity index (χ1n) is 2.49. The Morgan fingerprint density at radius 1 is 1.50 bits per heavy atom. The molecule has 0 N–H and O–H groups in total. The number of ether oxygens (including phenoxy) is 1. The third-order valence-corrected chi connectivity index (χ3v) is 0.553. The predicted octanol–water partition coefficient (Wildman–Crippen LogP) is 1.33. The smallest absolute Gasteiger partial charge is 0.141 e. The van der Waals surface area contributed by atoms with E-state index in [1.807, 2.05) is 0 Å². The monoisotopic (exact) mass is 112 g/mol. The largest absolute Gasteiger partial charge is 0.407 e. The Morgan fingerprint density at radius 3 is 2.12 bits per heavy atom. The average molecular weight is 112 g/mol. The van der Waals surface area contributed by atoms with Crippen molar-refractivity contribution in [1.29, 1.82) is 0 Å². The van der Waals surface area contributed by atoms with E-state index in [9.17, 15) is 0 Å². The lowest BCUT2D eigenvalue weighted by molar-refractivity contribution is 0.123. The Bertz CT molecular complexity index is 51.9. The maximum absolute atomic E-state index is 4.90. The molecule has 0 amide bonds. The van der Waals surface area contributed by atoms with E-state index >= 15 is 0 Å². The lowest BCUT2D eigenvalue weighted by atomic mass is 9.99. The van der Waals surface area contributed by atoms with Crippen LogP contribution in [-0.4, -0.2) is 13.2 Å². The van der Waals surface area contributed by atoms with Crippen molar-refractivity contribution in [1.82, 2.24) is 0 Å². The Morgan fingerprint density at radius 2 is 2.00 bits per heavy atom. The van der Waals surface area contributed by atoms with Crippen LogP contribution in [0, 0.1) is 33.1 Å². The number of rotatable bonds is 3. The molecule has 0 spiro atoms. The van der Waals surface area contributed by atoms with E-state index in [4.69, 9.17) is 4.74 Å². The van der Waals surface area contributed by atoms with Gasteiger partial charge in [0.15, 0.2) is 0 Å². The molecule has 0 saturated heterocycles.